The Morgan fingerprint density at radius 3 is 3.21 bits per heavy atom. The van der Waals surface area contributed by atoms with Crippen LogP contribution in [0.25, 0.3) is 17.1 Å². The summed E-state index contributed by atoms with van der Waals surface area (Å²) >= 11 is 3.57. The molecule has 2 aromatic rings. The Balaban J connectivity index is 2.43. The van der Waals surface area contributed by atoms with E-state index in [9.17, 15) is 0 Å². The Morgan fingerprint density at radius 1 is 1.36 bits per heavy atom. The molecule has 0 fully saturated rings. The molecule has 3 rings (SSSR count). The number of benzene rings is 1. The van der Waals surface area contributed by atoms with E-state index < -0.39 is 0 Å². The van der Waals surface area contributed by atoms with Crippen LogP contribution in [0.5, 0.6) is 0 Å². The molecule has 0 radical (unpaired) electrons. The van der Waals surface area contributed by atoms with Gasteiger partial charge in [0.05, 0.1) is 17.4 Å². The second kappa shape index (κ2) is 2.95. The number of nitrogens with zero attached hydrogens (tertiary/aromatic N) is 2. The van der Waals surface area contributed by atoms with Gasteiger partial charge >= 0.3 is 0 Å². The van der Waals surface area contributed by atoms with Crippen molar-refractivity contribution in [2.45, 2.75) is 13.0 Å². The second-order valence-electron chi connectivity index (χ2n) is 3.49. The molecule has 3 heteroatoms. The molecule has 1 aliphatic heterocycles. The summed E-state index contributed by atoms with van der Waals surface area (Å²) in [6, 6.07) is 6.24. The minimum atomic E-state index is 1.00. The summed E-state index contributed by atoms with van der Waals surface area (Å²) in [5, 5.41) is 0. The van der Waals surface area contributed by atoms with Gasteiger partial charge in [-0.1, -0.05) is 28.1 Å². The van der Waals surface area contributed by atoms with Gasteiger partial charge in [0.2, 0.25) is 0 Å². The van der Waals surface area contributed by atoms with E-state index in [4.69, 9.17) is 0 Å². The standard InChI is InChI=1S/C11H9BrN2/c12-9-4-5-14-7-13-10-3-1-2-8(6-9)11(10)14/h1-3,6-7H,4-5H2. The van der Waals surface area contributed by atoms with Crippen molar-refractivity contribution in [1.29, 1.82) is 0 Å². The Labute approximate surface area is 90.4 Å². The molecule has 0 N–H and O–H groups in total. The summed E-state index contributed by atoms with van der Waals surface area (Å²) in [4.78, 5) is 4.38. The van der Waals surface area contributed by atoms with Crippen LogP contribution in [0.15, 0.2) is 29.0 Å². The van der Waals surface area contributed by atoms with Crippen LogP contribution in [-0.2, 0) is 6.54 Å². The predicted molar refractivity (Wildman–Crippen MR) is 61.3 cm³/mol. The van der Waals surface area contributed by atoms with Gasteiger partial charge in [-0.2, -0.15) is 0 Å². The molecule has 0 spiro atoms. The van der Waals surface area contributed by atoms with Gasteiger partial charge in [0.15, 0.2) is 0 Å². The second-order valence-corrected chi connectivity index (χ2v) is 4.51. The van der Waals surface area contributed by atoms with Gasteiger partial charge in [0, 0.05) is 12.1 Å². The number of halogens is 1. The third-order valence-corrected chi connectivity index (χ3v) is 3.20. The number of imidazole rings is 1. The van der Waals surface area contributed by atoms with Gasteiger partial charge in [-0.25, -0.2) is 4.98 Å². The predicted octanol–water partition coefficient (Wildman–Crippen LogP) is 3.18. The van der Waals surface area contributed by atoms with Crippen molar-refractivity contribution in [2.75, 3.05) is 0 Å². The molecule has 0 saturated heterocycles. The minimum absolute atomic E-state index is 1.00. The number of aryl methyl sites for hydroxylation is 1. The van der Waals surface area contributed by atoms with Crippen LogP contribution in [0, 0.1) is 0 Å². The molecular weight excluding hydrogens is 240 g/mol. The van der Waals surface area contributed by atoms with E-state index in [-0.39, 0.29) is 0 Å². The van der Waals surface area contributed by atoms with Crippen molar-refractivity contribution in [2.24, 2.45) is 0 Å². The van der Waals surface area contributed by atoms with Crippen molar-refractivity contribution in [3.05, 3.63) is 34.6 Å². The zero-order valence-corrected chi connectivity index (χ0v) is 9.16. The fraction of sp³-hybridized carbons (Fsp3) is 0.182. The molecule has 0 atom stereocenters. The van der Waals surface area contributed by atoms with E-state index in [1.54, 1.807) is 0 Å². The molecule has 0 bridgehead atoms. The van der Waals surface area contributed by atoms with Crippen molar-refractivity contribution >= 4 is 33.0 Å². The monoisotopic (exact) mass is 248 g/mol. The van der Waals surface area contributed by atoms with Crippen LogP contribution in [-0.4, -0.2) is 9.55 Å². The van der Waals surface area contributed by atoms with Crippen LogP contribution in [0.4, 0.5) is 0 Å². The number of para-hydroxylation sites is 1. The molecule has 14 heavy (non-hydrogen) atoms. The zero-order valence-electron chi connectivity index (χ0n) is 7.57. The van der Waals surface area contributed by atoms with Gasteiger partial charge < -0.3 is 4.57 Å². The van der Waals surface area contributed by atoms with Crippen LogP contribution in [0.2, 0.25) is 0 Å². The molecule has 0 amide bonds. The van der Waals surface area contributed by atoms with E-state index >= 15 is 0 Å². The summed E-state index contributed by atoms with van der Waals surface area (Å²) in [5.74, 6) is 0. The number of hydrogen-bond donors (Lipinski definition) is 0. The normalized spacial score (nSPS) is 15.4. The fourth-order valence-electron chi connectivity index (χ4n) is 1.91. The maximum Gasteiger partial charge on any atom is 0.0958 e. The van der Waals surface area contributed by atoms with Gasteiger partial charge in [0.1, 0.15) is 0 Å². The largest absolute Gasteiger partial charge is 0.330 e. The van der Waals surface area contributed by atoms with Crippen molar-refractivity contribution in [3.63, 3.8) is 0 Å². The molecule has 1 aliphatic rings. The van der Waals surface area contributed by atoms with Gasteiger partial charge in [-0.3, -0.25) is 0 Å². The smallest absolute Gasteiger partial charge is 0.0958 e. The Kier molecular flexibility index (Phi) is 1.74. The summed E-state index contributed by atoms with van der Waals surface area (Å²) in [6.07, 6.45) is 5.15. The molecule has 70 valence electrons. The molecule has 0 saturated carbocycles. The first kappa shape index (κ1) is 8.24. The Hall–Kier alpha value is -1.09. The molecule has 0 aliphatic carbocycles. The first-order valence-electron chi connectivity index (χ1n) is 4.64. The summed E-state index contributed by atoms with van der Waals surface area (Å²) in [5.41, 5.74) is 3.59. The van der Waals surface area contributed by atoms with E-state index in [1.165, 1.54) is 15.6 Å². The quantitative estimate of drug-likeness (QED) is 0.701. The third kappa shape index (κ3) is 1.12. The highest BCUT2D eigenvalue weighted by Gasteiger charge is 2.10. The van der Waals surface area contributed by atoms with Crippen molar-refractivity contribution in [1.82, 2.24) is 9.55 Å². The molecule has 1 aromatic heterocycles. The lowest BCUT2D eigenvalue weighted by Gasteiger charge is -2.00. The van der Waals surface area contributed by atoms with Crippen LogP contribution >= 0.6 is 15.9 Å². The van der Waals surface area contributed by atoms with E-state index in [0.717, 1.165) is 18.5 Å². The highest BCUT2D eigenvalue weighted by atomic mass is 79.9. The van der Waals surface area contributed by atoms with Crippen molar-refractivity contribution < 1.29 is 0 Å². The zero-order chi connectivity index (χ0) is 9.54. The molecular formula is C11H9BrN2. The highest BCUT2D eigenvalue weighted by molar-refractivity contribution is 9.11. The van der Waals surface area contributed by atoms with E-state index in [0.29, 0.717) is 0 Å². The van der Waals surface area contributed by atoms with Gasteiger partial charge in [-0.05, 0) is 23.0 Å². The molecule has 1 aromatic carbocycles. The first-order chi connectivity index (χ1) is 6.84. The van der Waals surface area contributed by atoms with Gasteiger partial charge in [-0.15, -0.1) is 0 Å². The maximum absolute atomic E-state index is 4.38. The lowest BCUT2D eigenvalue weighted by Crippen LogP contribution is -1.94. The summed E-state index contributed by atoms with van der Waals surface area (Å²) in [6.45, 7) is 1.00. The third-order valence-electron chi connectivity index (χ3n) is 2.57. The SMILES string of the molecule is BrC1=Cc2cccc3ncn(c23)CC1. The van der Waals surface area contributed by atoms with Crippen LogP contribution in [0.1, 0.15) is 12.0 Å². The van der Waals surface area contributed by atoms with Crippen LogP contribution in [0.3, 0.4) is 0 Å². The van der Waals surface area contributed by atoms with Crippen LogP contribution < -0.4 is 0 Å². The minimum Gasteiger partial charge on any atom is -0.330 e. The Morgan fingerprint density at radius 2 is 2.29 bits per heavy atom. The highest BCUT2D eigenvalue weighted by Crippen LogP contribution is 2.27. The number of allylic oxidation sites excluding steroid dienone is 1. The van der Waals surface area contributed by atoms with Gasteiger partial charge in [0.25, 0.3) is 0 Å². The number of aromatic nitrogens is 2. The summed E-state index contributed by atoms with van der Waals surface area (Å²) < 4.78 is 3.48. The topological polar surface area (TPSA) is 17.8 Å². The van der Waals surface area contributed by atoms with E-state index in [2.05, 4.69) is 49.8 Å². The number of hydrogen-bond acceptors (Lipinski definition) is 1. The van der Waals surface area contributed by atoms with Crippen molar-refractivity contribution in [3.8, 4) is 0 Å². The molecule has 0 unspecified atom stereocenters. The molecule has 2 heterocycles. The average Bonchev–Trinajstić information content (AvgIpc) is 2.51. The van der Waals surface area contributed by atoms with E-state index in [1.807, 2.05) is 6.33 Å². The number of rotatable bonds is 0. The first-order valence-corrected chi connectivity index (χ1v) is 5.44. The lowest BCUT2D eigenvalue weighted by molar-refractivity contribution is 0.732. The average molecular weight is 249 g/mol. The Bertz CT molecular complexity index is 525. The lowest BCUT2D eigenvalue weighted by atomic mass is 10.2. The maximum atomic E-state index is 4.38. The summed E-state index contributed by atoms with van der Waals surface area (Å²) in [7, 11) is 0. The fourth-order valence-corrected chi connectivity index (χ4v) is 2.33. The molecule has 2 nitrogen and oxygen atoms in total.